The lowest BCUT2D eigenvalue weighted by atomic mass is 10.00. The van der Waals surface area contributed by atoms with Gasteiger partial charge in [0.1, 0.15) is 5.60 Å². The molecule has 4 heteroatoms. The second-order valence-corrected chi connectivity index (χ2v) is 8.90. The average Bonchev–Trinajstić information content (AvgIpc) is 2.60. The predicted molar refractivity (Wildman–Crippen MR) is 113 cm³/mol. The van der Waals surface area contributed by atoms with Gasteiger partial charge in [0.25, 0.3) is 5.79 Å². The zero-order valence-electron chi connectivity index (χ0n) is 19.4. The highest BCUT2D eigenvalue weighted by Crippen LogP contribution is 2.25. The average molecular weight is 387 g/mol. The highest BCUT2D eigenvalue weighted by Gasteiger charge is 2.40. The van der Waals surface area contributed by atoms with Crippen molar-refractivity contribution in [2.45, 2.75) is 118 Å². The van der Waals surface area contributed by atoms with Crippen molar-refractivity contribution >= 4 is 5.97 Å². The molecule has 0 N–H and O–H groups in total. The highest BCUT2D eigenvalue weighted by molar-refractivity contribution is 5.77. The molecule has 27 heavy (non-hydrogen) atoms. The van der Waals surface area contributed by atoms with Gasteiger partial charge in [0.15, 0.2) is 0 Å². The van der Waals surface area contributed by atoms with Crippen molar-refractivity contribution in [3.63, 3.8) is 0 Å². The van der Waals surface area contributed by atoms with Crippen molar-refractivity contribution in [2.75, 3.05) is 13.2 Å². The van der Waals surface area contributed by atoms with E-state index in [1.54, 1.807) is 6.92 Å². The number of esters is 1. The van der Waals surface area contributed by atoms with Gasteiger partial charge in [-0.05, 0) is 45.4 Å². The zero-order valence-corrected chi connectivity index (χ0v) is 19.4. The monoisotopic (exact) mass is 386 g/mol. The molecular weight excluding hydrogens is 340 g/mol. The van der Waals surface area contributed by atoms with Gasteiger partial charge in [-0.15, -0.1) is 0 Å². The topological polar surface area (TPSA) is 44.8 Å². The summed E-state index contributed by atoms with van der Waals surface area (Å²) in [5.41, 5.74) is -0.566. The molecule has 0 aromatic rings. The Morgan fingerprint density at radius 1 is 0.778 bits per heavy atom. The van der Waals surface area contributed by atoms with Crippen LogP contribution in [0.2, 0.25) is 0 Å². The van der Waals surface area contributed by atoms with Crippen LogP contribution in [0.1, 0.15) is 107 Å². The maximum atomic E-state index is 12.8. The van der Waals surface area contributed by atoms with Crippen molar-refractivity contribution < 1.29 is 19.0 Å². The van der Waals surface area contributed by atoms with Gasteiger partial charge in [-0.1, -0.05) is 66.2 Å². The second-order valence-electron chi connectivity index (χ2n) is 8.90. The standard InChI is InChI=1S/C23H46O4/c1-9-13-15-19(11-3)17-25-23(8,21(24)27-22(5,6)7)26-18-20(12-4)16-14-10-2/h19-20H,9-18H2,1-8H3. The molecule has 0 aliphatic carbocycles. The number of rotatable bonds is 15. The van der Waals surface area contributed by atoms with Gasteiger partial charge >= 0.3 is 5.97 Å². The molecule has 0 aromatic heterocycles. The van der Waals surface area contributed by atoms with E-state index in [1.807, 2.05) is 20.8 Å². The van der Waals surface area contributed by atoms with E-state index in [0.29, 0.717) is 25.0 Å². The first-order valence-corrected chi connectivity index (χ1v) is 11.1. The lowest BCUT2D eigenvalue weighted by molar-refractivity contribution is -0.254. The molecule has 0 saturated heterocycles. The summed E-state index contributed by atoms with van der Waals surface area (Å²) in [5, 5.41) is 0. The van der Waals surface area contributed by atoms with Crippen molar-refractivity contribution in [1.29, 1.82) is 0 Å². The Kier molecular flexibility index (Phi) is 13.2. The quantitative estimate of drug-likeness (QED) is 0.238. The fourth-order valence-corrected chi connectivity index (χ4v) is 2.88. The van der Waals surface area contributed by atoms with E-state index < -0.39 is 17.4 Å². The molecule has 2 unspecified atom stereocenters. The van der Waals surface area contributed by atoms with E-state index in [1.165, 1.54) is 25.7 Å². The second kappa shape index (κ2) is 13.5. The van der Waals surface area contributed by atoms with Crippen LogP contribution in [0.25, 0.3) is 0 Å². The van der Waals surface area contributed by atoms with Gasteiger partial charge < -0.3 is 14.2 Å². The summed E-state index contributed by atoms with van der Waals surface area (Å²) in [4.78, 5) is 12.8. The van der Waals surface area contributed by atoms with E-state index in [2.05, 4.69) is 27.7 Å². The molecule has 0 aromatic carbocycles. The summed E-state index contributed by atoms with van der Waals surface area (Å²) in [7, 11) is 0. The van der Waals surface area contributed by atoms with Gasteiger partial charge in [0, 0.05) is 6.92 Å². The van der Waals surface area contributed by atoms with Crippen LogP contribution in [0.5, 0.6) is 0 Å². The molecule has 0 aliphatic heterocycles. The molecule has 0 aliphatic rings. The number of hydrogen-bond donors (Lipinski definition) is 0. The van der Waals surface area contributed by atoms with Crippen LogP contribution in [-0.4, -0.2) is 30.6 Å². The van der Waals surface area contributed by atoms with E-state index in [-0.39, 0.29) is 0 Å². The molecule has 4 nitrogen and oxygen atoms in total. The Morgan fingerprint density at radius 3 is 1.48 bits per heavy atom. The van der Waals surface area contributed by atoms with Crippen LogP contribution in [-0.2, 0) is 19.0 Å². The molecule has 2 atom stereocenters. The largest absolute Gasteiger partial charge is 0.456 e. The number of hydrogen-bond acceptors (Lipinski definition) is 4. The lowest BCUT2D eigenvalue weighted by Crippen LogP contribution is -2.47. The van der Waals surface area contributed by atoms with Gasteiger partial charge in [0.05, 0.1) is 13.2 Å². The third-order valence-corrected chi connectivity index (χ3v) is 5.05. The fraction of sp³-hybridized carbons (Fsp3) is 0.957. The van der Waals surface area contributed by atoms with E-state index in [9.17, 15) is 4.79 Å². The molecular formula is C23H46O4. The Labute approximate surface area is 168 Å². The molecule has 0 radical (unpaired) electrons. The molecule has 0 heterocycles. The SMILES string of the molecule is CCCCC(CC)COC(C)(OCC(CC)CCCC)C(=O)OC(C)(C)C. The third-order valence-electron chi connectivity index (χ3n) is 5.05. The lowest BCUT2D eigenvalue weighted by Gasteiger charge is -2.33. The Bertz CT molecular complexity index is 366. The van der Waals surface area contributed by atoms with E-state index in [4.69, 9.17) is 14.2 Å². The number of unbranched alkanes of at least 4 members (excludes halogenated alkanes) is 2. The molecule has 0 spiro atoms. The molecule has 0 fully saturated rings. The predicted octanol–water partition coefficient (Wildman–Crippen LogP) is 6.51. The fourth-order valence-electron chi connectivity index (χ4n) is 2.88. The van der Waals surface area contributed by atoms with Gasteiger partial charge in [-0.25, -0.2) is 4.79 Å². The summed E-state index contributed by atoms with van der Waals surface area (Å²) in [6, 6.07) is 0. The first-order chi connectivity index (χ1) is 12.6. The van der Waals surface area contributed by atoms with Gasteiger partial charge in [-0.2, -0.15) is 0 Å². The summed E-state index contributed by atoms with van der Waals surface area (Å²) >= 11 is 0. The number of carbonyl (C=O) groups excluding carboxylic acids is 1. The molecule has 0 bridgehead atoms. The molecule has 0 amide bonds. The Morgan fingerprint density at radius 2 is 1.19 bits per heavy atom. The van der Waals surface area contributed by atoms with Gasteiger partial charge in [0.2, 0.25) is 0 Å². The van der Waals surface area contributed by atoms with Crippen LogP contribution in [0.15, 0.2) is 0 Å². The first kappa shape index (κ1) is 26.4. The zero-order chi connectivity index (χ0) is 20.9. The number of carbonyl (C=O) groups is 1. The Hall–Kier alpha value is -0.610. The maximum Gasteiger partial charge on any atom is 0.367 e. The third kappa shape index (κ3) is 11.7. The van der Waals surface area contributed by atoms with Crippen molar-refractivity contribution in [3.8, 4) is 0 Å². The molecule has 0 rings (SSSR count). The van der Waals surface area contributed by atoms with Crippen LogP contribution >= 0.6 is 0 Å². The summed E-state index contributed by atoms with van der Waals surface area (Å²) in [6.07, 6.45) is 9.02. The van der Waals surface area contributed by atoms with Crippen LogP contribution < -0.4 is 0 Å². The minimum absolute atomic E-state index is 0.425. The van der Waals surface area contributed by atoms with Crippen molar-refractivity contribution in [1.82, 2.24) is 0 Å². The Balaban J connectivity index is 5.04. The van der Waals surface area contributed by atoms with Crippen molar-refractivity contribution in [2.24, 2.45) is 11.8 Å². The highest BCUT2D eigenvalue weighted by atomic mass is 16.7. The normalized spacial score (nSPS) is 16.6. The number of ether oxygens (including phenoxy) is 3. The van der Waals surface area contributed by atoms with Gasteiger partial charge in [-0.3, -0.25) is 0 Å². The van der Waals surface area contributed by atoms with Crippen molar-refractivity contribution in [3.05, 3.63) is 0 Å². The molecule has 0 saturated carbocycles. The minimum Gasteiger partial charge on any atom is -0.456 e. The van der Waals surface area contributed by atoms with Crippen LogP contribution in [0.3, 0.4) is 0 Å². The summed E-state index contributed by atoms with van der Waals surface area (Å²) < 4.78 is 17.8. The first-order valence-electron chi connectivity index (χ1n) is 11.1. The van der Waals surface area contributed by atoms with E-state index >= 15 is 0 Å². The molecule has 162 valence electrons. The smallest absolute Gasteiger partial charge is 0.367 e. The summed E-state index contributed by atoms with van der Waals surface area (Å²) in [6.45, 7) is 17.1. The van der Waals surface area contributed by atoms with Crippen LogP contribution in [0.4, 0.5) is 0 Å². The van der Waals surface area contributed by atoms with E-state index in [0.717, 1.165) is 25.7 Å². The van der Waals surface area contributed by atoms with Crippen LogP contribution in [0, 0.1) is 11.8 Å². The minimum atomic E-state index is -1.34. The summed E-state index contributed by atoms with van der Waals surface area (Å²) in [5.74, 6) is -0.882. The maximum absolute atomic E-state index is 12.8.